The lowest BCUT2D eigenvalue weighted by Crippen LogP contribution is -2.40. The molecule has 0 bridgehead atoms. The molecule has 2 unspecified atom stereocenters. The number of non-ortho nitro benzene ring substituents is 1. The van der Waals surface area contributed by atoms with Crippen molar-refractivity contribution in [1.29, 1.82) is 0 Å². The second kappa shape index (κ2) is 7.42. The van der Waals surface area contributed by atoms with E-state index in [4.69, 9.17) is 0 Å². The summed E-state index contributed by atoms with van der Waals surface area (Å²) in [7, 11) is 0. The lowest BCUT2D eigenvalue weighted by Gasteiger charge is -2.18. The largest absolute Gasteiger partial charge is 0.271 e. The van der Waals surface area contributed by atoms with Crippen LogP contribution in [0.4, 0.5) is 17.1 Å². The first-order chi connectivity index (χ1) is 17.3. The van der Waals surface area contributed by atoms with Gasteiger partial charge in [0, 0.05) is 18.1 Å². The number of nitrogens with zero attached hydrogens (tertiary/aromatic N) is 5. The summed E-state index contributed by atoms with van der Waals surface area (Å²) in [6.07, 6.45) is 0. The first-order valence-corrected chi connectivity index (χ1v) is 11.5. The Morgan fingerprint density at radius 1 is 0.750 bits per heavy atom. The fourth-order valence-electron chi connectivity index (χ4n) is 6.05. The molecule has 1 saturated carbocycles. The molecular formula is C27H21N5O4. The van der Waals surface area contributed by atoms with E-state index in [0.29, 0.717) is 28.4 Å². The molecule has 2 atom stereocenters. The number of benzene rings is 3. The van der Waals surface area contributed by atoms with Crippen molar-refractivity contribution in [3.8, 4) is 0 Å². The van der Waals surface area contributed by atoms with E-state index in [2.05, 4.69) is 10.2 Å². The number of para-hydroxylation sites is 2. The molecule has 2 amide bonds. The van der Waals surface area contributed by atoms with Crippen LogP contribution in [0.1, 0.15) is 25.3 Å². The normalized spacial score (nSPS) is 26.6. The van der Waals surface area contributed by atoms with Crippen LogP contribution in [-0.4, -0.2) is 28.2 Å². The Labute approximate surface area is 206 Å². The molecule has 3 aliphatic rings. The summed E-state index contributed by atoms with van der Waals surface area (Å²) in [4.78, 5) is 39.6. The third kappa shape index (κ3) is 2.54. The van der Waals surface area contributed by atoms with Crippen molar-refractivity contribution in [3.63, 3.8) is 0 Å². The predicted molar refractivity (Wildman–Crippen MR) is 135 cm³/mol. The van der Waals surface area contributed by atoms with Crippen LogP contribution in [0, 0.1) is 20.9 Å². The van der Waals surface area contributed by atoms with Crippen LogP contribution in [0.5, 0.6) is 0 Å². The van der Waals surface area contributed by atoms with Crippen molar-refractivity contribution < 1.29 is 14.5 Å². The van der Waals surface area contributed by atoms with Gasteiger partial charge in [-0.1, -0.05) is 48.5 Å². The Morgan fingerprint density at radius 2 is 1.22 bits per heavy atom. The molecule has 0 saturated heterocycles. The SMILES string of the molecule is CC1=NN(c2ccccc2)C(=O)C12C(c1cccc([N+](=O)[O-])c1)C21C(=O)N(c2ccccc2)N=C1C. The first kappa shape index (κ1) is 21.8. The minimum absolute atomic E-state index is 0.107. The zero-order valence-corrected chi connectivity index (χ0v) is 19.5. The number of amides is 2. The van der Waals surface area contributed by atoms with Crippen LogP contribution in [-0.2, 0) is 9.59 Å². The van der Waals surface area contributed by atoms with E-state index >= 15 is 0 Å². The number of fused-ring (bicyclic) bond motifs is 1. The maximum atomic E-state index is 14.3. The number of carbonyl (C=O) groups excluding carboxylic acids is 2. The molecule has 178 valence electrons. The van der Waals surface area contributed by atoms with Crippen LogP contribution in [0.25, 0.3) is 0 Å². The van der Waals surface area contributed by atoms with E-state index in [9.17, 15) is 19.7 Å². The van der Waals surface area contributed by atoms with E-state index in [1.165, 1.54) is 22.2 Å². The van der Waals surface area contributed by atoms with Crippen molar-refractivity contribution in [2.45, 2.75) is 19.8 Å². The highest BCUT2D eigenvalue weighted by molar-refractivity contribution is 6.37. The third-order valence-electron chi connectivity index (χ3n) is 7.52. The summed E-state index contributed by atoms with van der Waals surface area (Å²) in [6.45, 7) is 3.48. The monoisotopic (exact) mass is 479 g/mol. The molecular weight excluding hydrogens is 458 g/mol. The number of carbonyl (C=O) groups is 2. The fourth-order valence-corrected chi connectivity index (χ4v) is 6.05. The van der Waals surface area contributed by atoms with Crippen molar-refractivity contribution in [1.82, 2.24) is 0 Å². The van der Waals surface area contributed by atoms with Crippen molar-refractivity contribution in [2.24, 2.45) is 21.0 Å². The summed E-state index contributed by atoms with van der Waals surface area (Å²) in [5.41, 5.74) is -0.142. The van der Waals surface area contributed by atoms with Gasteiger partial charge in [0.1, 0.15) is 10.8 Å². The number of rotatable bonds is 4. The molecule has 1 aliphatic carbocycles. The minimum atomic E-state index is -1.34. The summed E-state index contributed by atoms with van der Waals surface area (Å²) in [6, 6.07) is 24.2. The van der Waals surface area contributed by atoms with E-state index in [-0.39, 0.29) is 17.5 Å². The standard InChI is InChI=1S/C27H21N5O4/c1-17-26(24(33)30(28-17)20-11-5-3-6-12-20)23(19-10-9-15-22(16-19)32(35)36)27(26)18(2)29-31(25(27)34)21-13-7-4-8-14-21/h3-16,23H,1-2H3. The topological polar surface area (TPSA) is 108 Å². The van der Waals surface area contributed by atoms with Gasteiger partial charge in [-0.25, -0.2) is 0 Å². The highest BCUT2D eigenvalue weighted by Gasteiger charge is 2.91. The van der Waals surface area contributed by atoms with Gasteiger partial charge in [0.05, 0.1) is 27.7 Å². The van der Waals surface area contributed by atoms with Crippen molar-refractivity contribution >= 4 is 40.3 Å². The Bertz CT molecular complexity index is 1420. The van der Waals surface area contributed by atoms with E-state index < -0.39 is 21.7 Å². The van der Waals surface area contributed by atoms with Gasteiger partial charge in [0.2, 0.25) is 0 Å². The molecule has 6 rings (SSSR count). The lowest BCUT2D eigenvalue weighted by atomic mass is 9.85. The van der Waals surface area contributed by atoms with E-state index in [0.717, 1.165) is 0 Å². The summed E-state index contributed by atoms with van der Waals surface area (Å²) in [5.74, 6) is -1.39. The average molecular weight is 479 g/mol. The van der Waals surface area contributed by atoms with Gasteiger partial charge in [0.15, 0.2) is 0 Å². The van der Waals surface area contributed by atoms with Gasteiger partial charge in [-0.15, -0.1) is 0 Å². The van der Waals surface area contributed by atoms with Gasteiger partial charge < -0.3 is 0 Å². The van der Waals surface area contributed by atoms with Crippen LogP contribution in [0.15, 0.2) is 95.1 Å². The highest BCUT2D eigenvalue weighted by Crippen LogP contribution is 2.79. The Morgan fingerprint density at radius 3 is 1.67 bits per heavy atom. The third-order valence-corrected chi connectivity index (χ3v) is 7.52. The molecule has 9 nitrogen and oxygen atoms in total. The molecule has 0 aromatic heterocycles. The molecule has 3 aromatic rings. The molecule has 2 aliphatic heterocycles. The highest BCUT2D eigenvalue weighted by atomic mass is 16.6. The maximum Gasteiger partial charge on any atom is 0.269 e. The van der Waals surface area contributed by atoms with Crippen LogP contribution >= 0.6 is 0 Å². The molecule has 1 fully saturated rings. The van der Waals surface area contributed by atoms with E-state index in [1.807, 2.05) is 36.4 Å². The smallest absolute Gasteiger partial charge is 0.269 e. The fraction of sp³-hybridized carbons (Fsp3) is 0.185. The van der Waals surface area contributed by atoms with Gasteiger partial charge in [-0.3, -0.25) is 19.7 Å². The summed E-state index contributed by atoms with van der Waals surface area (Å²) >= 11 is 0. The number of nitro benzene ring substituents is 1. The second-order valence-electron chi connectivity index (χ2n) is 9.18. The van der Waals surface area contributed by atoms with Gasteiger partial charge in [0.25, 0.3) is 17.5 Å². The molecule has 0 N–H and O–H groups in total. The molecule has 2 heterocycles. The number of nitro groups is 1. The molecule has 9 heteroatoms. The molecule has 0 radical (unpaired) electrons. The molecule has 3 aromatic carbocycles. The minimum Gasteiger partial charge on any atom is -0.271 e. The van der Waals surface area contributed by atoms with E-state index in [1.54, 1.807) is 50.2 Å². The Balaban J connectivity index is 1.55. The maximum absolute atomic E-state index is 14.3. The Hall–Kier alpha value is -4.66. The second-order valence-corrected chi connectivity index (χ2v) is 9.18. The summed E-state index contributed by atoms with van der Waals surface area (Å²) in [5, 5.41) is 23.5. The first-order valence-electron chi connectivity index (χ1n) is 11.5. The average Bonchev–Trinajstić information content (AvgIpc) is 3.38. The van der Waals surface area contributed by atoms with Crippen molar-refractivity contribution in [2.75, 3.05) is 10.0 Å². The van der Waals surface area contributed by atoms with Gasteiger partial charge in [-0.05, 0) is 43.7 Å². The molecule has 36 heavy (non-hydrogen) atoms. The molecule has 2 spiro atoms. The van der Waals surface area contributed by atoms with Crippen LogP contribution in [0.2, 0.25) is 0 Å². The van der Waals surface area contributed by atoms with Gasteiger partial charge >= 0.3 is 0 Å². The number of anilines is 2. The number of hydrogen-bond donors (Lipinski definition) is 0. The quantitative estimate of drug-likeness (QED) is 0.405. The zero-order chi connectivity index (χ0) is 25.2. The predicted octanol–water partition coefficient (Wildman–Crippen LogP) is 4.51. The van der Waals surface area contributed by atoms with Crippen molar-refractivity contribution in [3.05, 3.63) is 101 Å². The summed E-state index contributed by atoms with van der Waals surface area (Å²) < 4.78 is 0. The van der Waals surface area contributed by atoms with Crippen LogP contribution < -0.4 is 10.0 Å². The Kier molecular flexibility index (Phi) is 4.50. The van der Waals surface area contributed by atoms with Gasteiger partial charge in [-0.2, -0.15) is 20.2 Å². The number of hydrazone groups is 2. The lowest BCUT2D eigenvalue weighted by molar-refractivity contribution is -0.384. The number of hydrogen-bond acceptors (Lipinski definition) is 6. The zero-order valence-electron chi connectivity index (χ0n) is 19.5. The van der Waals surface area contributed by atoms with Crippen LogP contribution in [0.3, 0.4) is 0 Å².